The number of aliphatic imine (C=N–C) groups is 1. The van der Waals surface area contributed by atoms with Crippen LogP contribution in [0.5, 0.6) is 0 Å². The SMILES string of the molecule is CCNC(=NCc1ccc(F)c(CO)c1)NC(C)COC.I. The van der Waals surface area contributed by atoms with E-state index in [0.29, 0.717) is 19.1 Å². The van der Waals surface area contributed by atoms with Gasteiger partial charge in [-0.2, -0.15) is 0 Å². The lowest BCUT2D eigenvalue weighted by Crippen LogP contribution is -2.43. The van der Waals surface area contributed by atoms with Crippen molar-refractivity contribution in [2.75, 3.05) is 20.3 Å². The molecule has 1 aromatic carbocycles. The van der Waals surface area contributed by atoms with E-state index >= 15 is 0 Å². The smallest absolute Gasteiger partial charge is 0.191 e. The third-order valence-corrected chi connectivity index (χ3v) is 2.84. The molecule has 0 amide bonds. The molecule has 126 valence electrons. The third kappa shape index (κ3) is 7.37. The van der Waals surface area contributed by atoms with Crippen molar-refractivity contribution in [3.8, 4) is 0 Å². The van der Waals surface area contributed by atoms with E-state index in [2.05, 4.69) is 15.6 Å². The van der Waals surface area contributed by atoms with Crippen molar-refractivity contribution in [1.29, 1.82) is 0 Å². The zero-order valence-corrected chi connectivity index (χ0v) is 15.6. The Hall–Kier alpha value is -0.930. The van der Waals surface area contributed by atoms with Crippen LogP contribution in [0.1, 0.15) is 25.0 Å². The van der Waals surface area contributed by atoms with Crippen LogP contribution >= 0.6 is 24.0 Å². The lowest BCUT2D eigenvalue weighted by Gasteiger charge is -2.17. The first-order valence-corrected chi connectivity index (χ1v) is 7.02. The molecule has 5 nitrogen and oxygen atoms in total. The lowest BCUT2D eigenvalue weighted by atomic mass is 10.1. The van der Waals surface area contributed by atoms with Crippen molar-refractivity contribution in [3.63, 3.8) is 0 Å². The van der Waals surface area contributed by atoms with Gasteiger partial charge in [0.25, 0.3) is 0 Å². The molecule has 0 aliphatic carbocycles. The molecule has 0 radical (unpaired) electrons. The second kappa shape index (κ2) is 11.6. The van der Waals surface area contributed by atoms with Gasteiger partial charge in [0.15, 0.2) is 5.96 Å². The summed E-state index contributed by atoms with van der Waals surface area (Å²) in [4.78, 5) is 4.45. The van der Waals surface area contributed by atoms with E-state index in [4.69, 9.17) is 9.84 Å². The predicted molar refractivity (Wildman–Crippen MR) is 97.0 cm³/mol. The molecular formula is C15H25FIN3O2. The maximum Gasteiger partial charge on any atom is 0.191 e. The predicted octanol–water partition coefficient (Wildman–Crippen LogP) is 2.03. The summed E-state index contributed by atoms with van der Waals surface area (Å²) in [6.45, 7) is 5.40. The molecule has 1 rings (SSSR count). The number of halogens is 2. The van der Waals surface area contributed by atoms with Crippen LogP contribution in [0.4, 0.5) is 4.39 Å². The van der Waals surface area contributed by atoms with Crippen LogP contribution in [-0.2, 0) is 17.9 Å². The summed E-state index contributed by atoms with van der Waals surface area (Å²) in [6, 6.07) is 4.78. The van der Waals surface area contributed by atoms with Crippen molar-refractivity contribution in [1.82, 2.24) is 10.6 Å². The van der Waals surface area contributed by atoms with E-state index in [1.807, 2.05) is 13.8 Å². The van der Waals surface area contributed by atoms with Crippen LogP contribution in [0.15, 0.2) is 23.2 Å². The van der Waals surface area contributed by atoms with Gasteiger partial charge in [-0.05, 0) is 31.5 Å². The standard InChI is InChI=1S/C15H24FN3O2.HI/c1-4-17-15(19-11(2)10-21-3)18-8-12-5-6-14(16)13(7-12)9-20;/h5-7,11,20H,4,8-10H2,1-3H3,(H2,17,18,19);1H. The van der Waals surface area contributed by atoms with Gasteiger partial charge in [0.05, 0.1) is 19.8 Å². The first kappa shape index (κ1) is 21.1. The van der Waals surface area contributed by atoms with Gasteiger partial charge in [-0.15, -0.1) is 24.0 Å². The maximum absolute atomic E-state index is 13.3. The van der Waals surface area contributed by atoms with Gasteiger partial charge in [-0.1, -0.05) is 6.07 Å². The fraction of sp³-hybridized carbons (Fsp3) is 0.533. The summed E-state index contributed by atoms with van der Waals surface area (Å²) in [7, 11) is 1.65. The van der Waals surface area contributed by atoms with Crippen molar-refractivity contribution < 1.29 is 14.2 Å². The number of hydrogen-bond donors (Lipinski definition) is 3. The summed E-state index contributed by atoms with van der Waals surface area (Å²) in [5.41, 5.74) is 1.13. The highest BCUT2D eigenvalue weighted by Crippen LogP contribution is 2.11. The van der Waals surface area contributed by atoms with Gasteiger partial charge in [0.2, 0.25) is 0 Å². The van der Waals surface area contributed by atoms with Gasteiger partial charge in [0, 0.05) is 25.3 Å². The molecule has 0 bridgehead atoms. The summed E-state index contributed by atoms with van der Waals surface area (Å²) in [5, 5.41) is 15.4. The lowest BCUT2D eigenvalue weighted by molar-refractivity contribution is 0.179. The number of benzene rings is 1. The van der Waals surface area contributed by atoms with Crippen molar-refractivity contribution in [2.24, 2.45) is 4.99 Å². The number of nitrogens with zero attached hydrogens (tertiary/aromatic N) is 1. The largest absolute Gasteiger partial charge is 0.392 e. The maximum atomic E-state index is 13.3. The molecule has 7 heteroatoms. The van der Waals surface area contributed by atoms with Gasteiger partial charge in [-0.3, -0.25) is 0 Å². The number of hydrogen-bond acceptors (Lipinski definition) is 3. The molecule has 0 aliphatic heterocycles. The zero-order chi connectivity index (χ0) is 15.7. The van der Waals surface area contributed by atoms with Crippen LogP contribution in [0.25, 0.3) is 0 Å². The quantitative estimate of drug-likeness (QED) is 0.356. The van der Waals surface area contributed by atoms with Crippen LogP contribution < -0.4 is 10.6 Å². The third-order valence-electron chi connectivity index (χ3n) is 2.84. The van der Waals surface area contributed by atoms with Crippen molar-refractivity contribution in [3.05, 3.63) is 35.1 Å². The molecule has 0 saturated heterocycles. The second-order valence-corrected chi connectivity index (χ2v) is 4.78. The molecule has 0 fully saturated rings. The Morgan fingerprint density at radius 1 is 1.45 bits per heavy atom. The number of aliphatic hydroxyl groups is 1. The summed E-state index contributed by atoms with van der Waals surface area (Å²) in [5.74, 6) is 0.279. The van der Waals surface area contributed by atoms with Crippen LogP contribution in [0, 0.1) is 5.82 Å². The molecule has 1 atom stereocenters. The van der Waals surface area contributed by atoms with Gasteiger partial charge in [-0.25, -0.2) is 9.38 Å². The summed E-state index contributed by atoms with van der Waals surface area (Å²) < 4.78 is 18.4. The fourth-order valence-electron chi connectivity index (χ4n) is 1.86. The summed E-state index contributed by atoms with van der Waals surface area (Å²) >= 11 is 0. The van der Waals surface area contributed by atoms with E-state index in [1.165, 1.54) is 6.07 Å². The van der Waals surface area contributed by atoms with Crippen LogP contribution in [0.3, 0.4) is 0 Å². The van der Waals surface area contributed by atoms with E-state index in [1.54, 1.807) is 19.2 Å². The topological polar surface area (TPSA) is 65.9 Å². The van der Waals surface area contributed by atoms with Crippen LogP contribution in [0.2, 0.25) is 0 Å². The highest BCUT2D eigenvalue weighted by Gasteiger charge is 2.05. The molecule has 3 N–H and O–H groups in total. The Labute approximate surface area is 148 Å². The first-order chi connectivity index (χ1) is 10.1. The van der Waals surface area contributed by atoms with Gasteiger partial charge in [0.1, 0.15) is 5.82 Å². The molecule has 0 spiro atoms. The Morgan fingerprint density at radius 2 is 2.18 bits per heavy atom. The van der Waals surface area contributed by atoms with E-state index in [9.17, 15) is 4.39 Å². The Bertz CT molecular complexity index is 472. The summed E-state index contributed by atoms with van der Waals surface area (Å²) in [6.07, 6.45) is 0. The number of ether oxygens (including phenoxy) is 1. The Kier molecular flexibility index (Phi) is 11.1. The number of rotatable bonds is 7. The number of guanidine groups is 1. The molecule has 22 heavy (non-hydrogen) atoms. The average Bonchev–Trinajstić information content (AvgIpc) is 2.46. The zero-order valence-electron chi connectivity index (χ0n) is 13.2. The number of nitrogens with one attached hydrogen (secondary N) is 2. The molecule has 0 aliphatic rings. The molecule has 0 saturated carbocycles. The monoisotopic (exact) mass is 425 g/mol. The fourth-order valence-corrected chi connectivity index (χ4v) is 1.86. The first-order valence-electron chi connectivity index (χ1n) is 7.02. The van der Waals surface area contributed by atoms with Crippen molar-refractivity contribution >= 4 is 29.9 Å². The van der Waals surface area contributed by atoms with Crippen LogP contribution in [-0.4, -0.2) is 37.4 Å². The van der Waals surface area contributed by atoms with E-state index < -0.39 is 5.82 Å². The minimum atomic E-state index is -0.399. The minimum Gasteiger partial charge on any atom is -0.392 e. The van der Waals surface area contributed by atoms with E-state index in [-0.39, 0.29) is 42.2 Å². The molecule has 0 heterocycles. The molecule has 1 unspecified atom stereocenters. The highest BCUT2D eigenvalue weighted by atomic mass is 127. The second-order valence-electron chi connectivity index (χ2n) is 4.78. The minimum absolute atomic E-state index is 0. The molecular weight excluding hydrogens is 400 g/mol. The van der Waals surface area contributed by atoms with Crippen molar-refractivity contribution in [2.45, 2.75) is 33.0 Å². The van der Waals surface area contributed by atoms with Gasteiger partial charge < -0.3 is 20.5 Å². The Morgan fingerprint density at radius 3 is 2.77 bits per heavy atom. The molecule has 1 aromatic rings. The van der Waals surface area contributed by atoms with Gasteiger partial charge >= 0.3 is 0 Å². The Balaban J connectivity index is 0.00000441. The average molecular weight is 425 g/mol. The highest BCUT2D eigenvalue weighted by molar-refractivity contribution is 14.0. The normalized spacial score (nSPS) is 12.5. The molecule has 0 aromatic heterocycles. The number of aliphatic hydroxyl groups excluding tert-OH is 1. The van der Waals surface area contributed by atoms with E-state index in [0.717, 1.165) is 12.1 Å². The number of methoxy groups -OCH3 is 1.